The quantitative estimate of drug-likeness (QED) is 0.776. The van der Waals surface area contributed by atoms with E-state index in [1.807, 2.05) is 17.5 Å². The third-order valence-corrected chi connectivity index (χ3v) is 3.07. The molecule has 2 rings (SSSR count). The maximum atomic E-state index is 11.7. The van der Waals surface area contributed by atoms with Crippen molar-refractivity contribution in [2.45, 2.75) is 0 Å². The van der Waals surface area contributed by atoms with Crippen molar-refractivity contribution in [1.82, 2.24) is 0 Å². The summed E-state index contributed by atoms with van der Waals surface area (Å²) in [6.45, 7) is -0.0425. The Morgan fingerprint density at radius 2 is 2.12 bits per heavy atom. The van der Waals surface area contributed by atoms with Gasteiger partial charge in [-0.1, -0.05) is 18.2 Å². The molecule has 0 saturated carbocycles. The Morgan fingerprint density at radius 1 is 1.29 bits per heavy atom. The molecule has 2 aromatic rings. The van der Waals surface area contributed by atoms with E-state index in [2.05, 4.69) is 0 Å². The first-order valence-corrected chi connectivity index (χ1v) is 5.88. The molecule has 1 aromatic heterocycles. The molecule has 0 fully saturated rings. The van der Waals surface area contributed by atoms with Crippen molar-refractivity contribution in [3.8, 4) is 11.8 Å². The van der Waals surface area contributed by atoms with Crippen molar-refractivity contribution in [3.05, 3.63) is 52.2 Å². The number of carbonyl (C=O) groups is 1. The SMILES string of the molecule is N#Cc1ccccc1OCC(=O)c1cccs1. The Hall–Kier alpha value is -2.12. The van der Waals surface area contributed by atoms with Crippen molar-refractivity contribution in [1.29, 1.82) is 5.26 Å². The number of benzene rings is 1. The summed E-state index contributed by atoms with van der Waals surface area (Å²) in [5.74, 6) is 0.368. The highest BCUT2D eigenvalue weighted by molar-refractivity contribution is 7.12. The van der Waals surface area contributed by atoms with E-state index in [1.165, 1.54) is 11.3 Å². The monoisotopic (exact) mass is 243 g/mol. The zero-order valence-electron chi connectivity index (χ0n) is 8.92. The van der Waals surface area contributed by atoms with Crippen LogP contribution in [0.1, 0.15) is 15.2 Å². The molecular weight excluding hydrogens is 234 g/mol. The van der Waals surface area contributed by atoms with Gasteiger partial charge in [0.05, 0.1) is 10.4 Å². The lowest BCUT2D eigenvalue weighted by atomic mass is 10.2. The molecule has 0 aliphatic rings. The average Bonchev–Trinajstić information content (AvgIpc) is 2.90. The van der Waals surface area contributed by atoms with Crippen LogP contribution in [0.15, 0.2) is 41.8 Å². The van der Waals surface area contributed by atoms with Crippen LogP contribution in [0.25, 0.3) is 0 Å². The van der Waals surface area contributed by atoms with Gasteiger partial charge in [-0.05, 0) is 23.6 Å². The summed E-state index contributed by atoms with van der Waals surface area (Å²) >= 11 is 1.38. The summed E-state index contributed by atoms with van der Waals surface area (Å²) in [4.78, 5) is 12.3. The van der Waals surface area contributed by atoms with Gasteiger partial charge in [0.15, 0.2) is 6.61 Å². The molecule has 84 valence electrons. The molecule has 0 bridgehead atoms. The topological polar surface area (TPSA) is 50.1 Å². The molecule has 4 heteroatoms. The molecule has 1 aromatic carbocycles. The number of thiophene rings is 1. The van der Waals surface area contributed by atoms with Crippen LogP contribution in [0.2, 0.25) is 0 Å². The van der Waals surface area contributed by atoms with E-state index in [0.29, 0.717) is 16.2 Å². The highest BCUT2D eigenvalue weighted by Crippen LogP contribution is 2.17. The smallest absolute Gasteiger partial charge is 0.210 e. The van der Waals surface area contributed by atoms with Crippen LogP contribution in [0.3, 0.4) is 0 Å². The molecule has 0 unspecified atom stereocenters. The fourth-order valence-corrected chi connectivity index (χ4v) is 1.99. The first-order valence-electron chi connectivity index (χ1n) is 5.00. The van der Waals surface area contributed by atoms with Gasteiger partial charge in [-0.25, -0.2) is 0 Å². The van der Waals surface area contributed by atoms with Gasteiger partial charge in [0, 0.05) is 0 Å². The Kier molecular flexibility index (Phi) is 3.53. The minimum absolute atomic E-state index is 0.0425. The summed E-state index contributed by atoms with van der Waals surface area (Å²) in [5, 5.41) is 10.7. The molecule has 0 radical (unpaired) electrons. The van der Waals surface area contributed by atoms with Crippen LogP contribution in [0.4, 0.5) is 0 Å². The van der Waals surface area contributed by atoms with Crippen LogP contribution in [0.5, 0.6) is 5.75 Å². The van der Waals surface area contributed by atoms with E-state index in [0.717, 1.165) is 0 Å². The van der Waals surface area contributed by atoms with Gasteiger partial charge >= 0.3 is 0 Å². The summed E-state index contributed by atoms with van der Waals surface area (Å²) in [5.41, 5.74) is 0.437. The second kappa shape index (κ2) is 5.28. The van der Waals surface area contributed by atoms with Crippen LogP contribution in [-0.4, -0.2) is 12.4 Å². The summed E-state index contributed by atoms with van der Waals surface area (Å²) in [6, 6.07) is 12.5. The largest absolute Gasteiger partial charge is 0.484 e. The van der Waals surface area contributed by atoms with Gasteiger partial charge in [0.2, 0.25) is 5.78 Å². The van der Waals surface area contributed by atoms with Gasteiger partial charge in [0.1, 0.15) is 11.8 Å². The predicted octanol–water partition coefficient (Wildman–Crippen LogP) is 2.88. The Labute approximate surface area is 103 Å². The fraction of sp³-hybridized carbons (Fsp3) is 0.0769. The molecule has 0 N–H and O–H groups in total. The molecular formula is C13H9NO2S. The number of rotatable bonds is 4. The summed E-state index contributed by atoms with van der Waals surface area (Å²) < 4.78 is 5.35. The lowest BCUT2D eigenvalue weighted by molar-refractivity contribution is 0.0925. The van der Waals surface area contributed by atoms with Crippen LogP contribution >= 0.6 is 11.3 Å². The van der Waals surface area contributed by atoms with Crippen LogP contribution < -0.4 is 4.74 Å². The maximum absolute atomic E-state index is 11.7. The maximum Gasteiger partial charge on any atom is 0.210 e. The van der Waals surface area contributed by atoms with Gasteiger partial charge < -0.3 is 4.74 Å². The number of para-hydroxylation sites is 1. The van der Waals surface area contributed by atoms with Crippen LogP contribution in [-0.2, 0) is 0 Å². The predicted molar refractivity (Wildman–Crippen MR) is 65.3 cm³/mol. The van der Waals surface area contributed by atoms with Crippen molar-refractivity contribution in [2.75, 3.05) is 6.61 Å². The molecule has 17 heavy (non-hydrogen) atoms. The number of Topliss-reactive ketones (excluding diaryl/α,β-unsaturated/α-hetero) is 1. The van der Waals surface area contributed by atoms with E-state index in [1.54, 1.807) is 30.3 Å². The number of hydrogen-bond acceptors (Lipinski definition) is 4. The standard InChI is InChI=1S/C13H9NO2S/c14-8-10-4-1-2-5-12(10)16-9-11(15)13-6-3-7-17-13/h1-7H,9H2. The molecule has 0 aliphatic carbocycles. The van der Waals surface area contributed by atoms with Gasteiger partial charge in [-0.2, -0.15) is 5.26 Å². The number of ketones is 1. The van der Waals surface area contributed by atoms with Crippen molar-refractivity contribution in [2.24, 2.45) is 0 Å². The fourth-order valence-electron chi connectivity index (χ4n) is 1.34. The number of nitriles is 1. The average molecular weight is 243 g/mol. The summed E-state index contributed by atoms with van der Waals surface area (Å²) in [7, 11) is 0. The lowest BCUT2D eigenvalue weighted by Gasteiger charge is -2.05. The third-order valence-electron chi connectivity index (χ3n) is 2.16. The van der Waals surface area contributed by atoms with Crippen molar-refractivity contribution >= 4 is 17.1 Å². The molecule has 0 spiro atoms. The van der Waals surface area contributed by atoms with E-state index in [-0.39, 0.29) is 12.4 Å². The van der Waals surface area contributed by atoms with E-state index < -0.39 is 0 Å². The zero-order valence-corrected chi connectivity index (χ0v) is 9.74. The van der Waals surface area contributed by atoms with Crippen molar-refractivity contribution < 1.29 is 9.53 Å². The van der Waals surface area contributed by atoms with Gasteiger partial charge in [0.25, 0.3) is 0 Å². The molecule has 0 amide bonds. The number of nitrogens with zero attached hydrogens (tertiary/aromatic N) is 1. The molecule has 0 aliphatic heterocycles. The Morgan fingerprint density at radius 3 is 2.82 bits per heavy atom. The zero-order chi connectivity index (χ0) is 12.1. The highest BCUT2D eigenvalue weighted by Gasteiger charge is 2.09. The highest BCUT2D eigenvalue weighted by atomic mass is 32.1. The van der Waals surface area contributed by atoms with Crippen LogP contribution in [0, 0.1) is 11.3 Å². The van der Waals surface area contributed by atoms with E-state index in [4.69, 9.17) is 10.00 Å². The number of ether oxygens (including phenoxy) is 1. The van der Waals surface area contributed by atoms with E-state index in [9.17, 15) is 4.79 Å². The third kappa shape index (κ3) is 2.71. The minimum Gasteiger partial charge on any atom is -0.484 e. The second-order valence-electron chi connectivity index (χ2n) is 3.30. The van der Waals surface area contributed by atoms with Gasteiger partial charge in [-0.15, -0.1) is 11.3 Å². The molecule has 0 atom stereocenters. The van der Waals surface area contributed by atoms with Gasteiger partial charge in [-0.3, -0.25) is 4.79 Å². The van der Waals surface area contributed by atoms with E-state index >= 15 is 0 Å². The Bertz CT molecular complexity index is 555. The Balaban J connectivity index is 2.04. The van der Waals surface area contributed by atoms with Crippen molar-refractivity contribution in [3.63, 3.8) is 0 Å². The molecule has 3 nitrogen and oxygen atoms in total. The summed E-state index contributed by atoms with van der Waals surface area (Å²) in [6.07, 6.45) is 0. The molecule has 1 heterocycles. The molecule has 0 saturated heterocycles. The normalized spacial score (nSPS) is 9.59. The number of hydrogen-bond donors (Lipinski definition) is 0. The first kappa shape index (κ1) is 11.4. The second-order valence-corrected chi connectivity index (χ2v) is 4.24. The first-order chi connectivity index (χ1) is 8.31. The minimum atomic E-state index is -0.0762. The number of carbonyl (C=O) groups excluding carboxylic acids is 1. The lowest BCUT2D eigenvalue weighted by Crippen LogP contribution is -2.10.